The van der Waals surface area contributed by atoms with Crippen LogP contribution in [0.3, 0.4) is 0 Å². The van der Waals surface area contributed by atoms with E-state index in [9.17, 15) is 4.91 Å². The van der Waals surface area contributed by atoms with Crippen LogP contribution in [-0.2, 0) is 0 Å². The standard InChI is InChI=1S/C66H58N2O/c1-45(2)50-8-48-43-37-34-29-28-32-36-41-46(3)52(36)13-10-4-5-47-6-12-14-17-21-33-38-44(48)65-30-27-22-18(55(17)53(14)39(42(47)51(12,47)53)35(66(48,50)65)31(30)62(38,65)59(22,33)57(21,27)55)15(50)19-23-26-25-24-20(16(13)64(46)40(11(10)7-68-69)49(41,64)9-67)54(32,52)56(24,28)58(23,29)61(26,37)60(25,34)63(19,43)45/h10-44H,4-9,67H2,1-3H3/t10?,11?,12?,13?,14?,15-,16?,17?,18?,19-,20?,21?,22?,23?,24+,25?,26?,27?,28?,29?,30?,31?,32?,33?,34?,35?,36?,37?,38?,39?,40?,41?,42?,43-,44?,46?,47?,48?,49?,50?,51?,52?,53?,54?,55?,56?,57?,58?,59?,60?,61?,62?,63?,64?,65?,66?/m0/s1. The highest BCUT2D eigenvalue weighted by Gasteiger charge is 3.42. The molecule has 49 fully saturated rings. The van der Waals surface area contributed by atoms with Crippen molar-refractivity contribution < 1.29 is 0 Å². The van der Waals surface area contributed by atoms with Crippen molar-refractivity contribution in [2.75, 3.05) is 13.1 Å². The second kappa shape index (κ2) is 5.05. The number of hydrogen-bond acceptors (Lipinski definition) is 3. The van der Waals surface area contributed by atoms with Gasteiger partial charge in [-0.3, -0.25) is 0 Å². The quantitative estimate of drug-likeness (QED) is 0.308. The van der Waals surface area contributed by atoms with Crippen molar-refractivity contribution in [3.05, 3.63) is 4.91 Å². The highest BCUT2D eigenvalue weighted by atomic mass is 16.3. The Morgan fingerprint density at radius 2 is 0.928 bits per heavy atom. The maximum Gasteiger partial charge on any atom is 0.0845 e. The van der Waals surface area contributed by atoms with E-state index >= 15 is 0 Å². The molecular formula is C66H58N2O. The minimum atomic E-state index is 0.430. The average Bonchev–Trinajstić information content (AvgIpc) is 2.37. The van der Waals surface area contributed by atoms with Crippen LogP contribution in [0.1, 0.15) is 46.5 Å². The van der Waals surface area contributed by atoms with E-state index in [4.69, 9.17) is 5.73 Å². The lowest BCUT2D eigenvalue weighted by molar-refractivity contribution is -0.766. The molecule has 18 spiro atoms. The maximum absolute atomic E-state index is 13.3. The Labute approximate surface area is 399 Å². The SMILES string of the molecule is CC1(C)C23CC45C6C7C8C9C%10C%11C%12CC%13%14CCC%15C(CN=O)C%16C%17(CN)C%18C%19C%20C%21C%22C%23C%24[C@@H]4C14[C@H](C1C%25C%26[C@H]%27C%28C%29C%15C%19(C%18(C)C%29%16%17)C%20%28C%21%27C%221C%25%24C%23%264)[C@@H]2C1C2C4C%15C%16C%17C%18C%13C%12%14C%11%18C%101C94C28C7%16C%156C%1753. The monoisotopic (exact) mass is 894 g/mol. The van der Waals surface area contributed by atoms with Crippen LogP contribution in [0.2, 0.25) is 0 Å². The summed E-state index contributed by atoms with van der Waals surface area (Å²) in [6.07, 6.45) is 6.94. The van der Waals surface area contributed by atoms with E-state index in [-0.39, 0.29) is 0 Å². The van der Waals surface area contributed by atoms with Gasteiger partial charge in [0.05, 0.1) is 6.54 Å². The summed E-state index contributed by atoms with van der Waals surface area (Å²) in [6, 6.07) is 0. The summed E-state index contributed by atoms with van der Waals surface area (Å²) >= 11 is 0. The fourth-order valence-corrected chi connectivity index (χ4v) is 61.3. The molecule has 0 radical (unpaired) electrons. The summed E-state index contributed by atoms with van der Waals surface area (Å²) in [7, 11) is 0. The first-order valence-electron chi connectivity index (χ1n) is 32.8. The third kappa shape index (κ3) is 0.914. The Balaban J connectivity index is 0.758. The van der Waals surface area contributed by atoms with Gasteiger partial charge < -0.3 is 5.73 Å². The van der Waals surface area contributed by atoms with Gasteiger partial charge in [-0.15, -0.1) is 0 Å². The molecular weight excluding hydrogens is 837 g/mol. The fourth-order valence-electron chi connectivity index (χ4n) is 61.3. The summed E-state index contributed by atoms with van der Waals surface area (Å²) in [5.74, 6) is 41.8. The number of rotatable bonds is 3. The summed E-state index contributed by atoms with van der Waals surface area (Å²) in [4.78, 5) is 13.3. The normalized spacial score (nSPS) is 117. The molecule has 69 heavy (non-hydrogen) atoms. The second-order valence-corrected chi connectivity index (χ2v) is 40.8. The van der Waals surface area contributed by atoms with Gasteiger partial charge in [-0.05, 0) is 358 Å². The fraction of sp³-hybridized carbons (Fsp3) is 1.00. The highest BCUT2D eigenvalue weighted by molar-refractivity contribution is 5.87. The van der Waals surface area contributed by atoms with Gasteiger partial charge in [-0.2, -0.15) is 4.91 Å². The van der Waals surface area contributed by atoms with Gasteiger partial charge >= 0.3 is 0 Å². The molecule has 3 heteroatoms. The lowest BCUT2D eigenvalue weighted by atomic mass is 8.81. The maximum atomic E-state index is 13.3. The first kappa shape index (κ1) is 28.1. The van der Waals surface area contributed by atoms with Crippen molar-refractivity contribution in [3.63, 3.8) is 0 Å². The van der Waals surface area contributed by atoms with Crippen molar-refractivity contribution in [3.8, 4) is 0 Å². The van der Waals surface area contributed by atoms with Crippen molar-refractivity contribution in [2.24, 2.45) is 337 Å². The Kier molecular flexibility index (Phi) is 2.05. The van der Waals surface area contributed by atoms with Crippen molar-refractivity contribution in [1.82, 2.24) is 0 Å². The van der Waals surface area contributed by atoms with E-state index in [2.05, 4.69) is 25.9 Å². The van der Waals surface area contributed by atoms with E-state index < -0.39 is 0 Å². The predicted octanol–water partition coefficient (Wildman–Crippen LogP) is 7.12. The minimum Gasteiger partial charge on any atom is -0.330 e. The Morgan fingerprint density at radius 3 is 1.59 bits per heavy atom. The molecule has 49 aliphatic rings. The molecule has 0 aromatic heterocycles. The number of hydrogen-bond donors (Lipinski definition) is 1. The molecule has 0 saturated heterocycles. The zero-order chi connectivity index (χ0) is 41.2. The molecule has 0 aromatic carbocycles. The van der Waals surface area contributed by atoms with Crippen LogP contribution < -0.4 is 5.73 Å². The van der Waals surface area contributed by atoms with Crippen LogP contribution in [0.5, 0.6) is 0 Å². The summed E-state index contributed by atoms with van der Waals surface area (Å²) in [5, 5.41) is 4.18. The molecule has 52 unspecified atom stereocenters. The molecule has 0 heterocycles. The summed E-state index contributed by atoms with van der Waals surface area (Å²) in [5.41, 5.74) is 25.5. The first-order valence-corrected chi connectivity index (χ1v) is 32.8. The van der Waals surface area contributed by atoms with Crippen molar-refractivity contribution >= 4 is 0 Å². The van der Waals surface area contributed by atoms with Gasteiger partial charge in [-0.1, -0.05) is 25.9 Å². The van der Waals surface area contributed by atoms with E-state index in [1.807, 2.05) is 6.42 Å². The number of nitroso groups, excluding NO2 is 1. The molecule has 49 saturated carbocycles. The topological polar surface area (TPSA) is 55.5 Å². The lowest BCUT2D eigenvalue weighted by Gasteiger charge is -3.22. The number of nitrogens with zero attached hydrogens (tertiary/aromatic N) is 1. The molecule has 338 valence electrons. The predicted molar refractivity (Wildman–Crippen MR) is 231 cm³/mol. The van der Waals surface area contributed by atoms with E-state index in [0.29, 0.717) is 39.5 Å². The van der Waals surface area contributed by atoms with Gasteiger partial charge in [0.25, 0.3) is 0 Å². The van der Waals surface area contributed by atoms with Crippen LogP contribution in [0.15, 0.2) is 5.18 Å². The van der Waals surface area contributed by atoms with Gasteiger partial charge in [0.1, 0.15) is 0 Å². The van der Waals surface area contributed by atoms with E-state index in [1.165, 1.54) is 160 Å². The Hall–Kier alpha value is -0.440. The molecule has 0 aromatic rings. The van der Waals surface area contributed by atoms with Crippen LogP contribution in [0.25, 0.3) is 0 Å². The number of nitrogens with two attached hydrogens (primary N) is 1. The second-order valence-electron chi connectivity index (χ2n) is 40.8. The third-order valence-electron chi connectivity index (χ3n) is 51.1. The molecule has 56 atom stereocenters. The first-order chi connectivity index (χ1) is 33.8. The Morgan fingerprint density at radius 1 is 0.449 bits per heavy atom. The van der Waals surface area contributed by atoms with Crippen LogP contribution in [0, 0.1) is 331 Å². The molecule has 0 aliphatic heterocycles. The van der Waals surface area contributed by atoms with Gasteiger partial charge in [0.15, 0.2) is 0 Å². The van der Waals surface area contributed by atoms with Crippen LogP contribution >= 0.6 is 0 Å². The van der Waals surface area contributed by atoms with Crippen molar-refractivity contribution in [2.45, 2.75) is 46.5 Å². The van der Waals surface area contributed by atoms with Gasteiger partial charge in [-0.25, -0.2) is 0 Å². The third-order valence-corrected chi connectivity index (χ3v) is 51.1. The van der Waals surface area contributed by atoms with Gasteiger partial charge in [0, 0.05) is 0 Å². The van der Waals surface area contributed by atoms with Crippen molar-refractivity contribution in [1.29, 1.82) is 0 Å². The minimum absolute atomic E-state index is 0.430. The molecule has 3 nitrogen and oxygen atoms in total. The van der Waals surface area contributed by atoms with Crippen LogP contribution in [-0.4, -0.2) is 13.1 Å². The lowest BCUT2D eigenvalue weighted by Crippen LogP contribution is -3.20. The molecule has 2 N–H and O–H groups in total. The molecule has 49 aliphatic carbocycles. The Bertz CT molecular complexity index is 3920. The zero-order valence-electron chi connectivity index (χ0n) is 39.9. The molecule has 0 amide bonds. The number of fused-ring (bicyclic) bond motifs is 9. The zero-order valence-corrected chi connectivity index (χ0v) is 39.9. The summed E-state index contributed by atoms with van der Waals surface area (Å²) < 4.78 is 0. The summed E-state index contributed by atoms with van der Waals surface area (Å²) in [6.45, 7) is 11.5. The average molecular weight is 895 g/mol. The van der Waals surface area contributed by atoms with Gasteiger partial charge in [0.2, 0.25) is 0 Å². The van der Waals surface area contributed by atoms with E-state index in [1.54, 1.807) is 19.3 Å². The van der Waals surface area contributed by atoms with Crippen LogP contribution in [0.4, 0.5) is 0 Å². The molecule has 49 rings (SSSR count). The highest BCUT2D eigenvalue weighted by Crippen LogP contribution is 3.44. The smallest absolute Gasteiger partial charge is 0.0845 e. The largest absolute Gasteiger partial charge is 0.330 e. The van der Waals surface area contributed by atoms with E-state index in [0.717, 1.165) is 140 Å². The molecule has 34 bridgehead atoms.